The molecule has 0 N–H and O–H groups in total. The summed E-state index contributed by atoms with van der Waals surface area (Å²) in [6, 6.07) is 40.4. The van der Waals surface area contributed by atoms with Crippen molar-refractivity contribution in [3.05, 3.63) is 156 Å². The number of rotatable bonds is 48. The Bertz CT molecular complexity index is 2140. The van der Waals surface area contributed by atoms with Crippen LogP contribution in [0.15, 0.2) is 133 Å². The summed E-state index contributed by atoms with van der Waals surface area (Å²) >= 11 is 0. The van der Waals surface area contributed by atoms with E-state index in [9.17, 15) is 9.59 Å². The summed E-state index contributed by atoms with van der Waals surface area (Å²) in [4.78, 5) is 27.0. The van der Waals surface area contributed by atoms with Crippen molar-refractivity contribution in [3.63, 3.8) is 0 Å². The predicted octanol–water partition coefficient (Wildman–Crippen LogP) is 18.5. The van der Waals surface area contributed by atoms with Crippen LogP contribution in [0.2, 0.25) is 0 Å². The lowest BCUT2D eigenvalue weighted by Crippen LogP contribution is -2.60. The van der Waals surface area contributed by atoms with Crippen LogP contribution in [0.1, 0.15) is 229 Å². The van der Waals surface area contributed by atoms with E-state index in [1.165, 1.54) is 141 Å². The fraction of sp³-hybridized carbons (Fsp3) is 0.611. The topological polar surface area (TPSA) is 98.8 Å². The molecule has 448 valence electrons. The molecule has 5 rings (SSSR count). The molecule has 0 aliphatic carbocycles. The maximum Gasteiger partial charge on any atom is 0.306 e. The van der Waals surface area contributed by atoms with Crippen LogP contribution in [-0.4, -0.2) is 61.8 Å². The monoisotopic (exact) mass is 1110 g/mol. The molecule has 4 aromatic rings. The lowest BCUT2D eigenvalue weighted by atomic mass is 9.93. The van der Waals surface area contributed by atoms with E-state index < -0.39 is 36.6 Å². The summed E-state index contributed by atoms with van der Waals surface area (Å²) in [7, 11) is 0. The predicted molar refractivity (Wildman–Crippen MR) is 330 cm³/mol. The van der Waals surface area contributed by atoms with Gasteiger partial charge in [0.05, 0.1) is 33.0 Å². The van der Waals surface area contributed by atoms with Crippen molar-refractivity contribution in [2.75, 3.05) is 13.2 Å². The number of benzene rings is 4. The van der Waals surface area contributed by atoms with Gasteiger partial charge in [-0.15, -0.1) is 0 Å². The molecule has 1 fully saturated rings. The zero-order valence-electron chi connectivity index (χ0n) is 50.3. The highest BCUT2D eigenvalue weighted by Crippen LogP contribution is 2.32. The van der Waals surface area contributed by atoms with Gasteiger partial charge in [0, 0.05) is 12.8 Å². The van der Waals surface area contributed by atoms with Crippen molar-refractivity contribution in [1.29, 1.82) is 0 Å². The first-order valence-corrected chi connectivity index (χ1v) is 32.3. The second kappa shape index (κ2) is 44.9. The molecule has 1 aliphatic rings. The van der Waals surface area contributed by atoms with Crippen LogP contribution in [0.4, 0.5) is 0 Å². The highest BCUT2D eigenvalue weighted by molar-refractivity contribution is 5.70. The summed E-state index contributed by atoms with van der Waals surface area (Å²) in [5.41, 5.74) is 4.08. The van der Waals surface area contributed by atoms with Crippen LogP contribution in [-0.2, 0) is 69.2 Å². The van der Waals surface area contributed by atoms with E-state index >= 15 is 0 Å². The Hall–Kier alpha value is -4.64. The first kappa shape index (κ1) is 67.2. The van der Waals surface area contributed by atoms with E-state index in [2.05, 4.69) is 26.0 Å². The first-order chi connectivity index (χ1) is 40.0. The van der Waals surface area contributed by atoms with Crippen molar-refractivity contribution in [2.45, 2.75) is 270 Å². The Labute approximate surface area is 491 Å². The largest absolute Gasteiger partial charge is 0.461 e. The Morgan fingerprint density at radius 2 is 0.765 bits per heavy atom. The zero-order valence-corrected chi connectivity index (χ0v) is 50.3. The molecule has 1 saturated heterocycles. The zero-order chi connectivity index (χ0) is 56.9. The third-order valence-corrected chi connectivity index (χ3v) is 15.6. The molecular weight excluding hydrogens is 1010 g/mol. The van der Waals surface area contributed by atoms with Gasteiger partial charge >= 0.3 is 11.9 Å². The number of hydrogen-bond donors (Lipinski definition) is 0. The van der Waals surface area contributed by atoms with Gasteiger partial charge in [-0.1, -0.05) is 308 Å². The van der Waals surface area contributed by atoms with Crippen molar-refractivity contribution in [3.8, 4) is 0 Å². The van der Waals surface area contributed by atoms with Gasteiger partial charge < -0.3 is 33.2 Å². The van der Waals surface area contributed by atoms with Crippen LogP contribution in [0.25, 0.3) is 0 Å². The minimum Gasteiger partial charge on any atom is -0.461 e. The fourth-order valence-corrected chi connectivity index (χ4v) is 10.7. The van der Waals surface area contributed by atoms with Crippen molar-refractivity contribution in [1.82, 2.24) is 0 Å². The number of carbonyl (C=O) groups excluding carboxylic acids is 2. The maximum atomic E-state index is 13.7. The molecule has 0 amide bonds. The summed E-state index contributed by atoms with van der Waals surface area (Å²) in [6.45, 7) is 5.97. The van der Waals surface area contributed by atoms with Gasteiger partial charge in [0.2, 0.25) is 0 Å². The summed E-state index contributed by atoms with van der Waals surface area (Å²) in [6.07, 6.45) is 35.1. The Morgan fingerprint density at radius 3 is 1.17 bits per heavy atom. The van der Waals surface area contributed by atoms with Crippen LogP contribution >= 0.6 is 0 Å². The van der Waals surface area contributed by atoms with Crippen LogP contribution in [0.3, 0.4) is 0 Å². The molecule has 9 nitrogen and oxygen atoms in total. The standard InChI is InChI=1S/C72H106O9/c1-3-5-7-9-11-13-15-17-18-20-22-24-26-28-42-52-69(74)80-65(59-76-68(73)51-41-27-25-23-21-19-16-14-12-10-8-6-4-2)53-54-66-70(77-56-62-45-35-30-36-46-62)72(79-58-64-49-39-32-40-50-64)71(78-57-63-47-37-31-38-48-63)67(81-66)60-75-55-61-43-33-29-34-44-61/h29-40,43-50,53-54,65-67,70-72H,3-28,41-42,51-52,55-60H2,1-2H3/b54-53+/t65-,66+,67+,70-,71-,72+/m0/s1. The van der Waals surface area contributed by atoms with Gasteiger partial charge in [-0.05, 0) is 41.2 Å². The lowest BCUT2D eigenvalue weighted by molar-refractivity contribution is -0.263. The van der Waals surface area contributed by atoms with Gasteiger partial charge in [-0.2, -0.15) is 0 Å². The summed E-state index contributed by atoms with van der Waals surface area (Å²) in [5.74, 6) is -0.588. The summed E-state index contributed by atoms with van der Waals surface area (Å²) < 4.78 is 46.5. The van der Waals surface area contributed by atoms with Gasteiger partial charge in [0.1, 0.15) is 37.1 Å². The molecule has 6 atom stereocenters. The second-order valence-electron chi connectivity index (χ2n) is 22.7. The number of hydrogen-bond acceptors (Lipinski definition) is 9. The molecule has 0 saturated carbocycles. The quantitative estimate of drug-likeness (QED) is 0.0243. The molecule has 4 aromatic carbocycles. The molecule has 0 aromatic heterocycles. The SMILES string of the molecule is CCCCCCCCCCCCCCCCCC(=O)O[C@@H](/C=C/[C@H]1O[C@H](COCc2ccccc2)[C@H](OCc2ccccc2)[C@H](OCc2ccccc2)[C@H]1OCc1ccccc1)COC(=O)CCCCCCCCCCCCCCC. The highest BCUT2D eigenvalue weighted by atomic mass is 16.6. The number of unbranched alkanes of at least 4 members (excludes halogenated alkanes) is 26. The van der Waals surface area contributed by atoms with Gasteiger partial charge in [-0.3, -0.25) is 9.59 Å². The number of carbonyl (C=O) groups is 2. The van der Waals surface area contributed by atoms with E-state index in [1.54, 1.807) is 0 Å². The van der Waals surface area contributed by atoms with Crippen molar-refractivity contribution < 1.29 is 42.7 Å². The van der Waals surface area contributed by atoms with Crippen LogP contribution < -0.4 is 0 Å². The van der Waals surface area contributed by atoms with Gasteiger partial charge in [-0.25, -0.2) is 0 Å². The molecule has 81 heavy (non-hydrogen) atoms. The highest BCUT2D eigenvalue weighted by Gasteiger charge is 2.48. The van der Waals surface area contributed by atoms with E-state index in [1.807, 2.05) is 121 Å². The van der Waals surface area contributed by atoms with Gasteiger partial charge in [0.25, 0.3) is 0 Å². The average molecular weight is 1120 g/mol. The smallest absolute Gasteiger partial charge is 0.306 e. The second-order valence-corrected chi connectivity index (χ2v) is 22.7. The average Bonchev–Trinajstić information content (AvgIpc) is 3.55. The molecule has 1 aliphatic heterocycles. The van der Waals surface area contributed by atoms with E-state index in [4.69, 9.17) is 33.2 Å². The lowest BCUT2D eigenvalue weighted by Gasteiger charge is -2.45. The third kappa shape index (κ3) is 31.0. The molecule has 0 bridgehead atoms. The fourth-order valence-electron chi connectivity index (χ4n) is 10.7. The minimum absolute atomic E-state index is 0.0962. The first-order valence-electron chi connectivity index (χ1n) is 32.3. The van der Waals surface area contributed by atoms with Crippen LogP contribution in [0.5, 0.6) is 0 Å². The molecule has 0 spiro atoms. The molecule has 1 heterocycles. The normalized spacial score (nSPS) is 17.6. The molecule has 9 heteroatoms. The minimum atomic E-state index is -0.841. The van der Waals surface area contributed by atoms with E-state index in [0.717, 1.165) is 60.8 Å². The maximum absolute atomic E-state index is 13.7. The number of esters is 2. The Balaban J connectivity index is 1.27. The number of ether oxygens (including phenoxy) is 7. The van der Waals surface area contributed by atoms with E-state index in [-0.39, 0.29) is 25.2 Å². The third-order valence-electron chi connectivity index (χ3n) is 15.6. The molecule has 0 unspecified atom stereocenters. The van der Waals surface area contributed by atoms with Crippen molar-refractivity contribution in [2.24, 2.45) is 0 Å². The summed E-state index contributed by atoms with van der Waals surface area (Å²) in [5, 5.41) is 0. The van der Waals surface area contributed by atoms with Crippen molar-refractivity contribution >= 4 is 11.9 Å². The molecule has 0 radical (unpaired) electrons. The van der Waals surface area contributed by atoms with E-state index in [0.29, 0.717) is 39.3 Å². The Kier molecular flexibility index (Phi) is 37.2. The molecular formula is C72H106O9. The van der Waals surface area contributed by atoms with Gasteiger partial charge in [0.15, 0.2) is 6.10 Å². The van der Waals surface area contributed by atoms with Crippen LogP contribution in [0, 0.1) is 0 Å². The Morgan fingerprint density at radius 1 is 0.420 bits per heavy atom.